The van der Waals surface area contributed by atoms with Crippen molar-refractivity contribution >= 4 is 12.1 Å². The van der Waals surface area contributed by atoms with Crippen molar-refractivity contribution in [3.63, 3.8) is 0 Å². The van der Waals surface area contributed by atoms with E-state index < -0.39 is 17.7 Å². The summed E-state index contributed by atoms with van der Waals surface area (Å²) in [6.07, 6.45) is 1.90. The quantitative estimate of drug-likeness (QED) is 0.855. The van der Waals surface area contributed by atoms with Crippen molar-refractivity contribution in [2.75, 3.05) is 20.2 Å². The van der Waals surface area contributed by atoms with Crippen molar-refractivity contribution in [3.8, 4) is 0 Å². The second-order valence-electron chi connectivity index (χ2n) is 6.62. The van der Waals surface area contributed by atoms with Gasteiger partial charge in [0, 0.05) is 19.1 Å². The summed E-state index contributed by atoms with van der Waals surface area (Å²) in [4.78, 5) is 25.5. The number of likely N-dealkylation sites (tertiary alicyclic amines) is 1. The molecular weight excluding hydrogens is 300 g/mol. The van der Waals surface area contributed by atoms with Crippen molar-refractivity contribution in [1.29, 1.82) is 0 Å². The number of carbonyl (C=O) groups excluding carboxylic acids is 2. The van der Waals surface area contributed by atoms with Gasteiger partial charge in [0.15, 0.2) is 0 Å². The van der Waals surface area contributed by atoms with Gasteiger partial charge in [0.1, 0.15) is 16.9 Å². The summed E-state index contributed by atoms with van der Waals surface area (Å²) >= 11 is 0. The molecule has 1 saturated heterocycles. The summed E-state index contributed by atoms with van der Waals surface area (Å²) < 4.78 is 15.4. The molecule has 1 fully saturated rings. The van der Waals surface area contributed by atoms with Gasteiger partial charge >= 0.3 is 12.1 Å². The molecule has 0 aliphatic carbocycles. The number of esters is 1. The maximum Gasteiger partial charge on any atom is 0.407 e. The van der Waals surface area contributed by atoms with Crippen molar-refractivity contribution in [2.24, 2.45) is 0 Å². The Hall–Kier alpha value is -2.02. The smallest absolute Gasteiger partial charge is 0.407 e. The van der Waals surface area contributed by atoms with Crippen molar-refractivity contribution in [3.05, 3.63) is 23.7 Å². The molecule has 7 nitrogen and oxygen atoms in total. The number of amides is 1. The van der Waals surface area contributed by atoms with Crippen LogP contribution in [0.2, 0.25) is 0 Å². The molecule has 1 aliphatic rings. The Kier molecular flexibility index (Phi) is 5.30. The molecule has 0 spiro atoms. The summed E-state index contributed by atoms with van der Waals surface area (Å²) in [5.41, 5.74) is -0.0672. The third-order valence-electron chi connectivity index (χ3n) is 3.51. The number of alkyl carbamates (subject to hydrolysis) is 1. The van der Waals surface area contributed by atoms with Gasteiger partial charge in [0.05, 0.1) is 19.9 Å². The monoisotopic (exact) mass is 324 g/mol. The molecule has 1 N–H and O–H groups in total. The third kappa shape index (κ3) is 4.99. The molecule has 23 heavy (non-hydrogen) atoms. The zero-order valence-electron chi connectivity index (χ0n) is 14.0. The SMILES string of the molecule is COC(=O)c1ccoc1CN1CC[C@H](NC(=O)OC(C)(C)C)C1. The van der Waals surface area contributed by atoms with Gasteiger partial charge in [-0.25, -0.2) is 9.59 Å². The highest BCUT2D eigenvalue weighted by Gasteiger charge is 2.27. The molecule has 0 radical (unpaired) electrons. The molecule has 1 aliphatic heterocycles. The van der Waals surface area contributed by atoms with Crippen LogP contribution in [-0.2, 0) is 16.0 Å². The first kappa shape index (κ1) is 17.3. The number of methoxy groups -OCH3 is 1. The zero-order chi connectivity index (χ0) is 17.0. The van der Waals surface area contributed by atoms with E-state index in [2.05, 4.69) is 10.2 Å². The summed E-state index contributed by atoms with van der Waals surface area (Å²) in [5.74, 6) is 0.172. The minimum absolute atomic E-state index is 0.0291. The average molecular weight is 324 g/mol. The Morgan fingerprint density at radius 3 is 2.83 bits per heavy atom. The van der Waals surface area contributed by atoms with E-state index in [0.29, 0.717) is 24.4 Å². The van der Waals surface area contributed by atoms with Gasteiger partial charge in [-0.3, -0.25) is 4.90 Å². The van der Waals surface area contributed by atoms with Gasteiger partial charge in [0.2, 0.25) is 0 Å². The molecule has 0 bridgehead atoms. The zero-order valence-corrected chi connectivity index (χ0v) is 14.0. The number of hydrogen-bond donors (Lipinski definition) is 1. The van der Waals surface area contributed by atoms with Crippen molar-refractivity contribution in [1.82, 2.24) is 10.2 Å². The lowest BCUT2D eigenvalue weighted by Crippen LogP contribution is -2.40. The first-order valence-corrected chi connectivity index (χ1v) is 7.65. The van der Waals surface area contributed by atoms with Gasteiger partial charge in [-0.15, -0.1) is 0 Å². The van der Waals surface area contributed by atoms with E-state index in [-0.39, 0.29) is 6.04 Å². The van der Waals surface area contributed by atoms with Crippen LogP contribution in [0.25, 0.3) is 0 Å². The Balaban J connectivity index is 1.85. The molecule has 1 amide bonds. The van der Waals surface area contributed by atoms with E-state index in [1.54, 1.807) is 6.07 Å². The Morgan fingerprint density at radius 2 is 2.17 bits per heavy atom. The fourth-order valence-corrected chi connectivity index (χ4v) is 2.53. The van der Waals surface area contributed by atoms with Crippen LogP contribution in [0, 0.1) is 0 Å². The van der Waals surface area contributed by atoms with Crippen LogP contribution in [0.4, 0.5) is 4.79 Å². The highest BCUT2D eigenvalue weighted by atomic mass is 16.6. The Bertz CT molecular complexity index is 561. The first-order chi connectivity index (χ1) is 10.8. The molecule has 2 rings (SSSR count). The number of nitrogens with zero attached hydrogens (tertiary/aromatic N) is 1. The summed E-state index contributed by atoms with van der Waals surface area (Å²) in [6.45, 7) is 7.49. The fourth-order valence-electron chi connectivity index (χ4n) is 2.53. The van der Waals surface area contributed by atoms with E-state index in [1.165, 1.54) is 13.4 Å². The maximum atomic E-state index is 11.8. The normalized spacial score (nSPS) is 18.7. The van der Waals surface area contributed by atoms with Crippen LogP contribution in [0.5, 0.6) is 0 Å². The lowest BCUT2D eigenvalue weighted by molar-refractivity contribution is 0.0505. The average Bonchev–Trinajstić information content (AvgIpc) is 3.06. The van der Waals surface area contributed by atoms with Crippen LogP contribution in [0.1, 0.15) is 43.3 Å². The number of furan rings is 1. The largest absolute Gasteiger partial charge is 0.467 e. The second kappa shape index (κ2) is 7.04. The molecule has 1 aromatic heterocycles. The molecule has 1 aromatic rings. The van der Waals surface area contributed by atoms with E-state index in [1.807, 2.05) is 20.8 Å². The number of nitrogens with one attached hydrogen (secondary N) is 1. The van der Waals surface area contributed by atoms with Crippen LogP contribution in [0.3, 0.4) is 0 Å². The van der Waals surface area contributed by atoms with Crippen LogP contribution in [-0.4, -0.2) is 48.8 Å². The summed E-state index contributed by atoms with van der Waals surface area (Å²) in [5, 5.41) is 2.87. The molecule has 0 unspecified atom stereocenters. The van der Waals surface area contributed by atoms with E-state index in [4.69, 9.17) is 13.9 Å². The van der Waals surface area contributed by atoms with Crippen LogP contribution in [0.15, 0.2) is 16.7 Å². The lowest BCUT2D eigenvalue weighted by Gasteiger charge is -2.22. The standard InChI is InChI=1S/C16H24N2O5/c1-16(2,3)23-15(20)17-11-5-7-18(9-11)10-13-12(6-8-22-13)14(19)21-4/h6,8,11H,5,7,9-10H2,1-4H3,(H,17,20)/t11-/m0/s1. The third-order valence-corrected chi connectivity index (χ3v) is 3.51. The highest BCUT2D eigenvalue weighted by molar-refractivity contribution is 5.90. The molecule has 2 heterocycles. The molecule has 1 atom stereocenters. The Morgan fingerprint density at radius 1 is 1.43 bits per heavy atom. The predicted molar refractivity (Wildman–Crippen MR) is 83.1 cm³/mol. The van der Waals surface area contributed by atoms with Gasteiger partial charge in [-0.05, 0) is 33.3 Å². The fraction of sp³-hybridized carbons (Fsp3) is 0.625. The Labute approximate surface area is 135 Å². The maximum absolute atomic E-state index is 11.8. The van der Waals surface area contributed by atoms with Crippen LogP contribution < -0.4 is 5.32 Å². The minimum Gasteiger partial charge on any atom is -0.467 e. The highest BCUT2D eigenvalue weighted by Crippen LogP contribution is 2.18. The lowest BCUT2D eigenvalue weighted by atomic mass is 10.2. The molecule has 0 aromatic carbocycles. The van der Waals surface area contributed by atoms with E-state index in [9.17, 15) is 9.59 Å². The number of carbonyl (C=O) groups is 2. The number of hydrogen-bond acceptors (Lipinski definition) is 6. The minimum atomic E-state index is -0.508. The molecule has 128 valence electrons. The number of ether oxygens (including phenoxy) is 2. The molecule has 7 heteroatoms. The predicted octanol–water partition coefficient (Wildman–Crippen LogP) is 2.17. The summed E-state index contributed by atoms with van der Waals surface area (Å²) in [7, 11) is 1.34. The second-order valence-corrected chi connectivity index (χ2v) is 6.62. The van der Waals surface area contributed by atoms with Gasteiger partial charge in [-0.1, -0.05) is 0 Å². The number of rotatable bonds is 4. The van der Waals surface area contributed by atoms with Gasteiger partial charge < -0.3 is 19.2 Å². The van der Waals surface area contributed by atoms with E-state index >= 15 is 0 Å². The molecule has 0 saturated carbocycles. The van der Waals surface area contributed by atoms with E-state index in [0.717, 1.165) is 13.0 Å². The van der Waals surface area contributed by atoms with Gasteiger partial charge in [-0.2, -0.15) is 0 Å². The topological polar surface area (TPSA) is 81.0 Å². The first-order valence-electron chi connectivity index (χ1n) is 7.65. The molecular formula is C16H24N2O5. The van der Waals surface area contributed by atoms with Gasteiger partial charge in [0.25, 0.3) is 0 Å². The van der Waals surface area contributed by atoms with Crippen LogP contribution >= 0.6 is 0 Å². The van der Waals surface area contributed by atoms with Crippen molar-refractivity contribution < 1.29 is 23.5 Å². The van der Waals surface area contributed by atoms with Crippen molar-refractivity contribution in [2.45, 2.75) is 45.4 Å². The summed E-state index contributed by atoms with van der Waals surface area (Å²) in [6, 6.07) is 1.63.